The van der Waals surface area contributed by atoms with Crippen LogP contribution in [0.2, 0.25) is 0 Å². The molecule has 0 unspecified atom stereocenters. The predicted molar refractivity (Wildman–Crippen MR) is 111 cm³/mol. The second-order valence-corrected chi connectivity index (χ2v) is 7.63. The predicted octanol–water partition coefficient (Wildman–Crippen LogP) is 1.21. The van der Waals surface area contributed by atoms with Gasteiger partial charge in [0, 0.05) is 57.1 Å². The van der Waals surface area contributed by atoms with Gasteiger partial charge in [-0.1, -0.05) is 6.07 Å². The Labute approximate surface area is 162 Å². The number of unbranched alkanes of at least 4 members (excludes halogenated alkanes) is 1. The molecule has 1 saturated heterocycles. The van der Waals surface area contributed by atoms with Gasteiger partial charge in [0.25, 0.3) is 5.56 Å². The Morgan fingerprint density at radius 1 is 1.22 bits per heavy atom. The Hall–Kier alpha value is -1.86. The van der Waals surface area contributed by atoms with Crippen LogP contribution in [0, 0.1) is 6.92 Å². The molecule has 0 spiro atoms. The quantitative estimate of drug-likeness (QED) is 0.405. The molecule has 1 aromatic rings. The lowest BCUT2D eigenvalue weighted by Crippen LogP contribution is -2.56. The molecule has 0 radical (unpaired) electrons. The van der Waals surface area contributed by atoms with Crippen molar-refractivity contribution in [2.45, 2.75) is 45.7 Å². The van der Waals surface area contributed by atoms with Crippen LogP contribution in [0.4, 0.5) is 0 Å². The fraction of sp³-hybridized carbons (Fsp3) is 0.700. The number of morpholine rings is 1. The van der Waals surface area contributed by atoms with Gasteiger partial charge in [-0.05, 0) is 39.7 Å². The highest BCUT2D eigenvalue weighted by Gasteiger charge is 2.28. The van der Waals surface area contributed by atoms with E-state index in [1.165, 1.54) is 0 Å². The summed E-state index contributed by atoms with van der Waals surface area (Å²) in [5, 5.41) is 6.80. The number of hydrogen-bond acceptors (Lipinski definition) is 4. The third-order valence-corrected chi connectivity index (χ3v) is 5.15. The maximum Gasteiger partial charge on any atom is 0.250 e. The molecule has 7 nitrogen and oxygen atoms in total. The highest BCUT2D eigenvalue weighted by molar-refractivity contribution is 5.79. The lowest BCUT2D eigenvalue weighted by atomic mass is 10.0. The van der Waals surface area contributed by atoms with Crippen molar-refractivity contribution in [2.24, 2.45) is 4.99 Å². The van der Waals surface area contributed by atoms with E-state index in [-0.39, 0.29) is 11.1 Å². The molecule has 0 amide bonds. The molecule has 0 aliphatic carbocycles. The summed E-state index contributed by atoms with van der Waals surface area (Å²) in [5.74, 6) is 0.824. The minimum Gasteiger partial charge on any atom is -0.379 e. The van der Waals surface area contributed by atoms with Gasteiger partial charge in [-0.2, -0.15) is 0 Å². The van der Waals surface area contributed by atoms with Gasteiger partial charge < -0.3 is 19.9 Å². The van der Waals surface area contributed by atoms with E-state index in [0.29, 0.717) is 0 Å². The van der Waals surface area contributed by atoms with Crippen LogP contribution >= 0.6 is 0 Å². The third kappa shape index (κ3) is 6.66. The standard InChI is InChI=1S/C20H35N5O2/c1-17-8-7-9-18(26)25(17)11-6-5-10-22-19(21-4)23-16-20(2,3)24-12-14-27-15-13-24/h7-9H,5-6,10-16H2,1-4H3,(H2,21,22,23). The average molecular weight is 378 g/mol. The Kier molecular flexibility index (Phi) is 8.31. The molecule has 1 aliphatic rings. The molecule has 0 aromatic carbocycles. The lowest BCUT2D eigenvalue weighted by molar-refractivity contribution is -0.00833. The fourth-order valence-electron chi connectivity index (χ4n) is 3.31. The van der Waals surface area contributed by atoms with Crippen molar-refractivity contribution in [3.05, 3.63) is 34.2 Å². The number of guanidine groups is 1. The van der Waals surface area contributed by atoms with Crippen molar-refractivity contribution in [3.63, 3.8) is 0 Å². The second kappa shape index (κ2) is 10.5. The van der Waals surface area contributed by atoms with Crippen LogP contribution in [-0.4, -0.2) is 67.4 Å². The van der Waals surface area contributed by atoms with E-state index in [1.807, 2.05) is 23.6 Å². The van der Waals surface area contributed by atoms with Crippen molar-refractivity contribution in [1.29, 1.82) is 0 Å². The first-order valence-electron chi connectivity index (χ1n) is 9.88. The number of nitrogens with one attached hydrogen (secondary N) is 2. The molecular formula is C20H35N5O2. The van der Waals surface area contributed by atoms with Crippen molar-refractivity contribution in [3.8, 4) is 0 Å². The second-order valence-electron chi connectivity index (χ2n) is 7.63. The van der Waals surface area contributed by atoms with E-state index in [4.69, 9.17) is 4.74 Å². The molecule has 2 N–H and O–H groups in total. The topological polar surface area (TPSA) is 70.9 Å². The molecule has 2 rings (SSSR count). The van der Waals surface area contributed by atoms with Crippen LogP contribution in [-0.2, 0) is 11.3 Å². The van der Waals surface area contributed by atoms with E-state index in [9.17, 15) is 4.79 Å². The van der Waals surface area contributed by atoms with Crippen molar-refractivity contribution >= 4 is 5.96 Å². The Balaban J connectivity index is 1.69. The summed E-state index contributed by atoms with van der Waals surface area (Å²) < 4.78 is 7.28. The average Bonchev–Trinajstić information content (AvgIpc) is 2.66. The van der Waals surface area contributed by atoms with Crippen molar-refractivity contribution in [2.75, 3.05) is 46.4 Å². The van der Waals surface area contributed by atoms with Crippen LogP contribution in [0.15, 0.2) is 28.0 Å². The van der Waals surface area contributed by atoms with Gasteiger partial charge in [0.05, 0.1) is 13.2 Å². The molecule has 2 heterocycles. The lowest BCUT2D eigenvalue weighted by Gasteiger charge is -2.41. The van der Waals surface area contributed by atoms with Crippen LogP contribution in [0.5, 0.6) is 0 Å². The highest BCUT2D eigenvalue weighted by atomic mass is 16.5. The third-order valence-electron chi connectivity index (χ3n) is 5.15. The van der Waals surface area contributed by atoms with Crippen molar-refractivity contribution in [1.82, 2.24) is 20.1 Å². The normalized spacial score (nSPS) is 16.4. The molecular weight excluding hydrogens is 342 g/mol. The minimum atomic E-state index is 0.0490. The first-order chi connectivity index (χ1) is 12.9. The summed E-state index contributed by atoms with van der Waals surface area (Å²) in [6.45, 7) is 12.4. The van der Waals surface area contributed by atoms with E-state index < -0.39 is 0 Å². The maximum absolute atomic E-state index is 11.9. The molecule has 0 atom stereocenters. The van der Waals surface area contributed by atoms with Gasteiger partial charge in [0.2, 0.25) is 0 Å². The molecule has 27 heavy (non-hydrogen) atoms. The van der Waals surface area contributed by atoms with Gasteiger partial charge in [-0.3, -0.25) is 14.7 Å². The number of pyridine rings is 1. The summed E-state index contributed by atoms with van der Waals surface area (Å²) in [4.78, 5) is 18.6. The smallest absolute Gasteiger partial charge is 0.250 e. The molecule has 1 fully saturated rings. The van der Waals surface area contributed by atoms with Crippen LogP contribution in [0.3, 0.4) is 0 Å². The largest absolute Gasteiger partial charge is 0.379 e. The first-order valence-corrected chi connectivity index (χ1v) is 9.88. The highest BCUT2D eigenvalue weighted by Crippen LogP contribution is 2.14. The van der Waals surface area contributed by atoms with Gasteiger partial charge in [0.15, 0.2) is 5.96 Å². The molecule has 1 aromatic heterocycles. The van der Waals surface area contributed by atoms with Gasteiger partial charge in [-0.15, -0.1) is 0 Å². The number of aromatic nitrogens is 1. The zero-order valence-electron chi connectivity index (χ0n) is 17.3. The number of hydrogen-bond donors (Lipinski definition) is 2. The van der Waals surface area contributed by atoms with Gasteiger partial charge >= 0.3 is 0 Å². The van der Waals surface area contributed by atoms with E-state index >= 15 is 0 Å². The molecule has 1 aliphatic heterocycles. The number of aryl methyl sites for hydroxylation is 1. The maximum atomic E-state index is 11.9. The monoisotopic (exact) mass is 377 g/mol. The van der Waals surface area contributed by atoms with Gasteiger partial charge in [-0.25, -0.2) is 0 Å². The minimum absolute atomic E-state index is 0.0490. The fourth-order valence-corrected chi connectivity index (χ4v) is 3.31. The molecule has 7 heteroatoms. The van der Waals surface area contributed by atoms with E-state index in [1.54, 1.807) is 13.1 Å². The van der Waals surface area contributed by atoms with Crippen LogP contribution < -0.4 is 16.2 Å². The number of ether oxygens (including phenoxy) is 1. The number of nitrogens with zero attached hydrogens (tertiary/aromatic N) is 3. The van der Waals surface area contributed by atoms with E-state index in [0.717, 1.165) is 70.4 Å². The van der Waals surface area contributed by atoms with Crippen LogP contribution in [0.25, 0.3) is 0 Å². The van der Waals surface area contributed by atoms with Crippen molar-refractivity contribution < 1.29 is 4.74 Å². The SMILES string of the molecule is CN=C(NCCCCn1c(C)cccc1=O)NCC(C)(C)N1CCOCC1. The summed E-state index contributed by atoms with van der Waals surface area (Å²) in [7, 11) is 1.80. The molecule has 0 saturated carbocycles. The van der Waals surface area contributed by atoms with E-state index in [2.05, 4.69) is 34.4 Å². The van der Waals surface area contributed by atoms with Crippen LogP contribution in [0.1, 0.15) is 32.4 Å². The first kappa shape index (κ1) is 21.4. The molecule has 152 valence electrons. The number of rotatable bonds is 8. The number of aliphatic imine (C=N–C) groups is 1. The summed E-state index contributed by atoms with van der Waals surface area (Å²) in [6, 6.07) is 5.40. The zero-order chi connectivity index (χ0) is 19.7. The molecule has 0 bridgehead atoms. The zero-order valence-corrected chi connectivity index (χ0v) is 17.3. The Morgan fingerprint density at radius 2 is 1.96 bits per heavy atom. The summed E-state index contributed by atoms with van der Waals surface area (Å²) in [5.41, 5.74) is 1.14. The summed E-state index contributed by atoms with van der Waals surface area (Å²) >= 11 is 0. The summed E-state index contributed by atoms with van der Waals surface area (Å²) in [6.07, 6.45) is 1.93. The van der Waals surface area contributed by atoms with Gasteiger partial charge in [0.1, 0.15) is 0 Å². The Morgan fingerprint density at radius 3 is 2.63 bits per heavy atom. The Bertz CT molecular complexity index is 663.